The maximum Gasteiger partial charge on any atom is 0.217 e. The second-order valence-electron chi connectivity index (χ2n) is 2.64. The first-order chi connectivity index (χ1) is 6.29. The van der Waals surface area contributed by atoms with E-state index in [2.05, 4.69) is 4.99 Å². The zero-order valence-electron chi connectivity index (χ0n) is 6.76. The maximum atomic E-state index is 13.0. The molecule has 1 heterocycles. The van der Waals surface area contributed by atoms with Crippen LogP contribution in [0.5, 0.6) is 0 Å². The molecule has 1 aliphatic rings. The Balaban J connectivity index is 2.45. The van der Waals surface area contributed by atoms with Crippen molar-refractivity contribution in [3.8, 4) is 0 Å². The molecule has 1 aromatic carbocycles. The van der Waals surface area contributed by atoms with Gasteiger partial charge in [-0.1, -0.05) is 17.7 Å². The molecule has 0 saturated heterocycles. The molecule has 0 saturated carbocycles. The van der Waals surface area contributed by atoms with Crippen LogP contribution < -0.4 is 0 Å². The van der Waals surface area contributed by atoms with E-state index in [1.807, 2.05) is 0 Å². The number of aliphatic imine (C=N–C) groups is 1. The average Bonchev–Trinajstić information content (AvgIpc) is 2.62. The SMILES string of the molecule is Fc1cccc(C2=NCCO2)c1Cl. The molecule has 68 valence electrons. The van der Waals surface area contributed by atoms with E-state index in [4.69, 9.17) is 16.3 Å². The Morgan fingerprint density at radius 1 is 1.46 bits per heavy atom. The van der Waals surface area contributed by atoms with E-state index in [1.165, 1.54) is 6.07 Å². The van der Waals surface area contributed by atoms with Crippen LogP contribution in [0.2, 0.25) is 5.02 Å². The van der Waals surface area contributed by atoms with Crippen LogP contribution in [0.4, 0.5) is 4.39 Å². The normalized spacial score (nSPS) is 15.4. The zero-order chi connectivity index (χ0) is 9.26. The minimum absolute atomic E-state index is 0.0724. The van der Waals surface area contributed by atoms with Crippen molar-refractivity contribution < 1.29 is 9.13 Å². The van der Waals surface area contributed by atoms with Crippen molar-refractivity contribution >= 4 is 17.5 Å². The highest BCUT2D eigenvalue weighted by molar-refractivity contribution is 6.34. The molecule has 1 aliphatic heterocycles. The van der Waals surface area contributed by atoms with E-state index in [0.29, 0.717) is 24.6 Å². The molecule has 1 aromatic rings. The largest absolute Gasteiger partial charge is 0.475 e. The minimum atomic E-state index is -0.447. The van der Waals surface area contributed by atoms with Crippen molar-refractivity contribution in [3.05, 3.63) is 34.6 Å². The third kappa shape index (κ3) is 1.52. The van der Waals surface area contributed by atoms with Gasteiger partial charge in [0.05, 0.1) is 17.1 Å². The smallest absolute Gasteiger partial charge is 0.217 e. The Bertz CT molecular complexity index is 365. The summed E-state index contributed by atoms with van der Waals surface area (Å²) in [4.78, 5) is 4.05. The summed E-state index contributed by atoms with van der Waals surface area (Å²) in [6, 6.07) is 4.58. The fraction of sp³-hybridized carbons (Fsp3) is 0.222. The van der Waals surface area contributed by atoms with Gasteiger partial charge in [0.25, 0.3) is 0 Å². The molecule has 0 fully saturated rings. The van der Waals surface area contributed by atoms with Gasteiger partial charge in [0.2, 0.25) is 5.90 Å². The minimum Gasteiger partial charge on any atom is -0.475 e. The number of halogens is 2. The lowest BCUT2D eigenvalue weighted by Gasteiger charge is -2.03. The number of benzene rings is 1. The molecule has 0 spiro atoms. The Hall–Kier alpha value is -1.09. The lowest BCUT2D eigenvalue weighted by molar-refractivity contribution is 0.348. The van der Waals surface area contributed by atoms with Crippen LogP contribution in [-0.4, -0.2) is 19.0 Å². The average molecular weight is 200 g/mol. The summed E-state index contributed by atoms with van der Waals surface area (Å²) < 4.78 is 18.2. The van der Waals surface area contributed by atoms with Crippen LogP contribution in [0.15, 0.2) is 23.2 Å². The molecule has 0 unspecified atom stereocenters. The van der Waals surface area contributed by atoms with Crippen LogP contribution in [0.1, 0.15) is 5.56 Å². The van der Waals surface area contributed by atoms with Crippen molar-refractivity contribution in [2.45, 2.75) is 0 Å². The first kappa shape index (κ1) is 8.51. The van der Waals surface area contributed by atoms with Crippen LogP contribution in [0.3, 0.4) is 0 Å². The molecule has 0 radical (unpaired) electrons. The van der Waals surface area contributed by atoms with Crippen LogP contribution in [0.25, 0.3) is 0 Å². The first-order valence-corrected chi connectivity index (χ1v) is 4.28. The molecule has 2 nitrogen and oxygen atoms in total. The van der Waals surface area contributed by atoms with Gasteiger partial charge in [0.1, 0.15) is 12.4 Å². The van der Waals surface area contributed by atoms with Gasteiger partial charge < -0.3 is 4.74 Å². The summed E-state index contributed by atoms with van der Waals surface area (Å²) in [5.74, 6) is -0.0122. The Kier molecular flexibility index (Phi) is 2.19. The second-order valence-corrected chi connectivity index (χ2v) is 3.01. The number of nitrogens with zero attached hydrogens (tertiary/aromatic N) is 1. The lowest BCUT2D eigenvalue weighted by atomic mass is 10.2. The molecule has 0 N–H and O–H groups in total. The Labute approximate surface area is 80.0 Å². The standard InChI is InChI=1S/C9H7ClFNO/c10-8-6(2-1-3-7(8)11)9-12-4-5-13-9/h1-3H,4-5H2. The van der Waals surface area contributed by atoms with Crippen LogP contribution in [-0.2, 0) is 4.74 Å². The van der Waals surface area contributed by atoms with Crippen molar-refractivity contribution in [3.63, 3.8) is 0 Å². The number of hydrogen-bond acceptors (Lipinski definition) is 2. The molecule has 2 rings (SSSR count). The van der Waals surface area contributed by atoms with Crippen molar-refractivity contribution in [2.75, 3.05) is 13.2 Å². The second kappa shape index (κ2) is 3.34. The van der Waals surface area contributed by atoms with Gasteiger partial charge in [0, 0.05) is 0 Å². The molecule has 13 heavy (non-hydrogen) atoms. The summed E-state index contributed by atoms with van der Waals surface area (Å²) >= 11 is 5.74. The van der Waals surface area contributed by atoms with Gasteiger partial charge in [-0.25, -0.2) is 9.38 Å². The summed E-state index contributed by atoms with van der Waals surface area (Å²) in [7, 11) is 0. The van der Waals surface area contributed by atoms with Gasteiger partial charge in [-0.2, -0.15) is 0 Å². The van der Waals surface area contributed by atoms with Crippen molar-refractivity contribution in [1.29, 1.82) is 0 Å². The number of ether oxygens (including phenoxy) is 1. The van der Waals surface area contributed by atoms with Gasteiger partial charge in [-0.15, -0.1) is 0 Å². The lowest BCUT2D eigenvalue weighted by Crippen LogP contribution is -2.02. The fourth-order valence-corrected chi connectivity index (χ4v) is 1.37. The first-order valence-electron chi connectivity index (χ1n) is 3.90. The summed E-state index contributed by atoms with van der Waals surface area (Å²) in [5.41, 5.74) is 0.527. The summed E-state index contributed by atoms with van der Waals surface area (Å²) in [5, 5.41) is 0.0724. The van der Waals surface area contributed by atoms with Crippen molar-refractivity contribution in [2.24, 2.45) is 4.99 Å². The predicted octanol–water partition coefficient (Wildman–Crippen LogP) is 2.26. The molecule has 0 amide bonds. The highest BCUT2D eigenvalue weighted by Gasteiger charge is 2.15. The molecular formula is C9H7ClFNO. The van der Waals surface area contributed by atoms with Gasteiger partial charge in [-0.05, 0) is 12.1 Å². The highest BCUT2D eigenvalue weighted by Crippen LogP contribution is 2.21. The third-order valence-corrected chi connectivity index (χ3v) is 2.15. The van der Waals surface area contributed by atoms with E-state index in [1.54, 1.807) is 12.1 Å². The predicted molar refractivity (Wildman–Crippen MR) is 48.8 cm³/mol. The molecule has 4 heteroatoms. The van der Waals surface area contributed by atoms with Gasteiger partial charge in [0.15, 0.2) is 0 Å². The molecule has 0 aromatic heterocycles. The van der Waals surface area contributed by atoms with E-state index < -0.39 is 5.82 Å². The quantitative estimate of drug-likeness (QED) is 0.680. The fourth-order valence-electron chi connectivity index (χ4n) is 1.17. The number of hydrogen-bond donors (Lipinski definition) is 0. The van der Waals surface area contributed by atoms with E-state index >= 15 is 0 Å². The zero-order valence-corrected chi connectivity index (χ0v) is 7.51. The third-order valence-electron chi connectivity index (χ3n) is 1.77. The van der Waals surface area contributed by atoms with Gasteiger partial charge in [-0.3, -0.25) is 0 Å². The van der Waals surface area contributed by atoms with E-state index in [0.717, 1.165) is 0 Å². The van der Waals surface area contributed by atoms with Crippen LogP contribution in [0, 0.1) is 5.82 Å². The van der Waals surface area contributed by atoms with E-state index in [9.17, 15) is 4.39 Å². The topological polar surface area (TPSA) is 21.6 Å². The Morgan fingerprint density at radius 2 is 2.31 bits per heavy atom. The maximum absolute atomic E-state index is 13.0. The molecule has 0 atom stereocenters. The summed E-state index contributed by atoms with van der Waals surface area (Å²) in [6.07, 6.45) is 0. The molecular weight excluding hydrogens is 193 g/mol. The summed E-state index contributed by atoms with van der Waals surface area (Å²) in [6.45, 7) is 1.16. The highest BCUT2D eigenvalue weighted by atomic mass is 35.5. The Morgan fingerprint density at radius 3 is 3.00 bits per heavy atom. The van der Waals surface area contributed by atoms with Gasteiger partial charge >= 0.3 is 0 Å². The van der Waals surface area contributed by atoms with E-state index in [-0.39, 0.29) is 5.02 Å². The molecule has 0 bridgehead atoms. The number of rotatable bonds is 1. The van der Waals surface area contributed by atoms with Crippen molar-refractivity contribution in [1.82, 2.24) is 0 Å². The van der Waals surface area contributed by atoms with Crippen LogP contribution >= 0.6 is 11.6 Å². The monoisotopic (exact) mass is 199 g/mol. The molecule has 0 aliphatic carbocycles.